The van der Waals surface area contributed by atoms with Crippen LogP contribution in [0.5, 0.6) is 0 Å². The van der Waals surface area contributed by atoms with Crippen molar-refractivity contribution < 1.29 is 0 Å². The zero-order valence-corrected chi connectivity index (χ0v) is 9.78. The lowest BCUT2D eigenvalue weighted by atomic mass is 10.0. The highest BCUT2D eigenvalue weighted by Crippen LogP contribution is 2.24. The van der Waals surface area contributed by atoms with E-state index in [0.29, 0.717) is 0 Å². The van der Waals surface area contributed by atoms with Gasteiger partial charge in [0.25, 0.3) is 0 Å². The van der Waals surface area contributed by atoms with Gasteiger partial charge in [-0.2, -0.15) is 0 Å². The molecular weight excluding hydrogens is 246 g/mol. The molecule has 0 saturated carbocycles. The van der Waals surface area contributed by atoms with Crippen molar-refractivity contribution in [3.8, 4) is 0 Å². The van der Waals surface area contributed by atoms with Crippen molar-refractivity contribution in [2.75, 3.05) is 12.8 Å². The number of nitrogens with zero attached hydrogens (tertiary/aromatic N) is 1. The molecule has 1 aromatic carbocycles. The average molecular weight is 256 g/mol. The topological polar surface area (TPSA) is 12.4 Å². The minimum Gasteiger partial charge on any atom is -0.277 e. The number of thioether (sulfide) groups is 1. The standard InChI is InChI=1S/C10H10BrNS/c1-13-10-9-6-8(11)3-2-7(9)4-5-12-10/h2-3,6H,4-5H2,1H3. The lowest BCUT2D eigenvalue weighted by Crippen LogP contribution is -2.09. The summed E-state index contributed by atoms with van der Waals surface area (Å²) in [5.41, 5.74) is 2.72. The van der Waals surface area contributed by atoms with Gasteiger partial charge in [0.1, 0.15) is 0 Å². The number of aliphatic imine (C=N–C) groups is 1. The van der Waals surface area contributed by atoms with Gasteiger partial charge in [0.15, 0.2) is 0 Å². The van der Waals surface area contributed by atoms with Crippen molar-refractivity contribution in [3.05, 3.63) is 33.8 Å². The van der Waals surface area contributed by atoms with E-state index in [4.69, 9.17) is 0 Å². The molecule has 0 atom stereocenters. The monoisotopic (exact) mass is 255 g/mol. The Morgan fingerprint density at radius 1 is 1.46 bits per heavy atom. The van der Waals surface area contributed by atoms with E-state index in [0.717, 1.165) is 17.4 Å². The van der Waals surface area contributed by atoms with Gasteiger partial charge < -0.3 is 0 Å². The summed E-state index contributed by atoms with van der Waals surface area (Å²) in [5, 5.41) is 1.17. The van der Waals surface area contributed by atoms with E-state index in [1.54, 1.807) is 11.8 Å². The fourth-order valence-corrected chi connectivity index (χ4v) is 2.49. The first-order valence-corrected chi connectivity index (χ1v) is 6.20. The maximum atomic E-state index is 4.49. The predicted molar refractivity (Wildman–Crippen MR) is 62.8 cm³/mol. The summed E-state index contributed by atoms with van der Waals surface area (Å²) in [6.07, 6.45) is 3.15. The van der Waals surface area contributed by atoms with E-state index in [9.17, 15) is 0 Å². The van der Waals surface area contributed by atoms with Crippen LogP contribution in [-0.2, 0) is 6.42 Å². The third-order valence-corrected chi connectivity index (χ3v) is 3.36. The maximum absolute atomic E-state index is 4.49. The van der Waals surface area contributed by atoms with Crippen LogP contribution in [0.25, 0.3) is 0 Å². The van der Waals surface area contributed by atoms with Gasteiger partial charge in [0.2, 0.25) is 0 Å². The van der Waals surface area contributed by atoms with Gasteiger partial charge in [0.05, 0.1) is 5.04 Å². The molecule has 0 N–H and O–H groups in total. The molecule has 2 rings (SSSR count). The van der Waals surface area contributed by atoms with Crippen LogP contribution in [0.15, 0.2) is 27.7 Å². The van der Waals surface area contributed by atoms with Crippen molar-refractivity contribution in [2.45, 2.75) is 6.42 Å². The smallest absolute Gasteiger partial charge is 0.0977 e. The van der Waals surface area contributed by atoms with Crippen molar-refractivity contribution in [3.63, 3.8) is 0 Å². The molecule has 13 heavy (non-hydrogen) atoms. The SMILES string of the molecule is CSC1=NCCc2ccc(Br)cc21. The fourth-order valence-electron chi connectivity index (χ4n) is 1.50. The number of halogens is 1. The quantitative estimate of drug-likeness (QED) is 0.694. The fraction of sp³-hybridized carbons (Fsp3) is 0.300. The molecule has 0 radical (unpaired) electrons. The molecule has 1 aliphatic heterocycles. The molecule has 0 aromatic heterocycles. The third kappa shape index (κ3) is 1.81. The number of hydrogen-bond donors (Lipinski definition) is 0. The van der Waals surface area contributed by atoms with Gasteiger partial charge in [-0.15, -0.1) is 11.8 Å². The molecule has 0 saturated heterocycles. The largest absolute Gasteiger partial charge is 0.277 e. The van der Waals surface area contributed by atoms with E-state index < -0.39 is 0 Å². The molecule has 1 nitrogen and oxygen atoms in total. The summed E-state index contributed by atoms with van der Waals surface area (Å²) in [5.74, 6) is 0. The second kappa shape index (κ2) is 3.84. The van der Waals surface area contributed by atoms with Crippen molar-refractivity contribution in [1.82, 2.24) is 0 Å². The summed E-state index contributed by atoms with van der Waals surface area (Å²) >= 11 is 5.21. The Labute approximate surface area is 90.8 Å². The molecule has 3 heteroatoms. The first kappa shape index (κ1) is 9.28. The van der Waals surface area contributed by atoms with Crippen LogP contribution in [0.4, 0.5) is 0 Å². The summed E-state index contributed by atoms with van der Waals surface area (Å²) < 4.78 is 1.13. The minimum absolute atomic E-state index is 0.935. The molecule has 1 heterocycles. The zero-order valence-electron chi connectivity index (χ0n) is 7.38. The van der Waals surface area contributed by atoms with Crippen LogP contribution in [0.2, 0.25) is 0 Å². The summed E-state index contributed by atoms with van der Waals surface area (Å²) in [7, 11) is 0. The predicted octanol–water partition coefficient (Wildman–Crippen LogP) is 3.11. The summed E-state index contributed by atoms with van der Waals surface area (Å²) in [6, 6.07) is 6.44. The summed E-state index contributed by atoms with van der Waals surface area (Å²) in [6.45, 7) is 0.935. The van der Waals surface area contributed by atoms with Crippen LogP contribution >= 0.6 is 27.7 Å². The Balaban J connectivity index is 2.51. The zero-order chi connectivity index (χ0) is 9.26. The average Bonchev–Trinajstić information content (AvgIpc) is 2.17. The van der Waals surface area contributed by atoms with Crippen molar-refractivity contribution in [1.29, 1.82) is 0 Å². The van der Waals surface area contributed by atoms with Gasteiger partial charge in [-0.1, -0.05) is 22.0 Å². The van der Waals surface area contributed by atoms with E-state index in [2.05, 4.69) is 45.4 Å². The van der Waals surface area contributed by atoms with E-state index in [1.807, 2.05) is 0 Å². The number of rotatable bonds is 0. The Morgan fingerprint density at radius 2 is 2.31 bits per heavy atom. The number of hydrogen-bond acceptors (Lipinski definition) is 2. The van der Waals surface area contributed by atoms with Crippen LogP contribution in [0, 0.1) is 0 Å². The molecule has 1 aliphatic rings. The number of benzene rings is 1. The van der Waals surface area contributed by atoms with Gasteiger partial charge in [-0.3, -0.25) is 4.99 Å². The van der Waals surface area contributed by atoms with Crippen LogP contribution < -0.4 is 0 Å². The minimum atomic E-state index is 0.935. The lowest BCUT2D eigenvalue weighted by Gasteiger charge is -2.15. The van der Waals surface area contributed by atoms with Crippen molar-refractivity contribution >= 4 is 32.7 Å². The van der Waals surface area contributed by atoms with Gasteiger partial charge in [-0.25, -0.2) is 0 Å². The van der Waals surface area contributed by atoms with Crippen LogP contribution in [-0.4, -0.2) is 17.8 Å². The molecular formula is C10H10BrNS. The molecule has 0 fully saturated rings. The molecule has 0 unspecified atom stereocenters. The second-order valence-corrected chi connectivity index (χ2v) is 4.65. The van der Waals surface area contributed by atoms with E-state index >= 15 is 0 Å². The molecule has 0 bridgehead atoms. The van der Waals surface area contributed by atoms with Crippen LogP contribution in [0.1, 0.15) is 11.1 Å². The number of fused-ring (bicyclic) bond motifs is 1. The van der Waals surface area contributed by atoms with Crippen LogP contribution in [0.3, 0.4) is 0 Å². The third-order valence-electron chi connectivity index (χ3n) is 2.13. The van der Waals surface area contributed by atoms with Crippen molar-refractivity contribution in [2.24, 2.45) is 4.99 Å². The Kier molecular flexibility index (Phi) is 2.74. The highest BCUT2D eigenvalue weighted by molar-refractivity contribution is 9.10. The Hall–Kier alpha value is -0.280. The molecule has 0 spiro atoms. The summed E-state index contributed by atoms with van der Waals surface area (Å²) in [4.78, 5) is 4.49. The lowest BCUT2D eigenvalue weighted by molar-refractivity contribution is 0.949. The highest BCUT2D eigenvalue weighted by atomic mass is 79.9. The first-order valence-electron chi connectivity index (χ1n) is 4.18. The molecule has 0 amide bonds. The molecule has 1 aromatic rings. The Bertz CT molecular complexity index is 360. The van der Waals surface area contributed by atoms with Gasteiger partial charge in [-0.05, 0) is 30.4 Å². The second-order valence-electron chi connectivity index (χ2n) is 2.94. The highest BCUT2D eigenvalue weighted by Gasteiger charge is 2.12. The molecule has 68 valence electrons. The van der Waals surface area contributed by atoms with E-state index in [-0.39, 0.29) is 0 Å². The maximum Gasteiger partial charge on any atom is 0.0977 e. The van der Waals surface area contributed by atoms with Gasteiger partial charge >= 0.3 is 0 Å². The normalized spacial score (nSPS) is 15.1. The Morgan fingerprint density at radius 3 is 3.08 bits per heavy atom. The van der Waals surface area contributed by atoms with Gasteiger partial charge in [0, 0.05) is 16.6 Å². The van der Waals surface area contributed by atoms with E-state index in [1.165, 1.54) is 16.2 Å². The molecule has 0 aliphatic carbocycles. The first-order chi connectivity index (χ1) is 6.31.